The number of benzene rings is 3. The van der Waals surface area contributed by atoms with Crippen LogP contribution in [-0.2, 0) is 16.6 Å². The molecular weight excluding hydrogens is 442 g/mol. The smallest absolute Gasteiger partial charge is 0.262 e. The number of ether oxygens (including phenoxy) is 2. The fourth-order valence-corrected chi connectivity index (χ4v) is 4.39. The molecule has 0 fully saturated rings. The van der Waals surface area contributed by atoms with E-state index in [1.54, 1.807) is 24.3 Å². The van der Waals surface area contributed by atoms with Crippen molar-refractivity contribution in [3.05, 3.63) is 77.9 Å². The monoisotopic (exact) mass is 467 g/mol. The highest BCUT2D eigenvalue weighted by Crippen LogP contribution is 2.32. The van der Waals surface area contributed by atoms with Crippen LogP contribution >= 0.6 is 0 Å². The third-order valence-corrected chi connectivity index (χ3v) is 6.49. The molecule has 1 heterocycles. The summed E-state index contributed by atoms with van der Waals surface area (Å²) in [6.45, 7) is 1.15. The summed E-state index contributed by atoms with van der Waals surface area (Å²) in [4.78, 5) is 14.7. The molecule has 1 amide bonds. The first-order valence-corrected chi connectivity index (χ1v) is 11.9. The molecule has 0 radical (unpaired) electrons. The quantitative estimate of drug-likeness (QED) is 0.554. The van der Waals surface area contributed by atoms with Gasteiger partial charge >= 0.3 is 0 Å². The summed E-state index contributed by atoms with van der Waals surface area (Å²) < 4.78 is 39.1. The zero-order chi connectivity index (χ0) is 23.4. The molecule has 1 aliphatic heterocycles. The topological polar surface area (TPSA) is 97.0 Å². The molecule has 0 aromatic heterocycles. The average molecular weight is 468 g/mol. The molecule has 0 aliphatic carbocycles. The molecule has 0 saturated heterocycles. The van der Waals surface area contributed by atoms with Gasteiger partial charge in [-0.05, 0) is 48.0 Å². The molecule has 0 saturated carbocycles. The minimum atomic E-state index is -3.88. The Balaban J connectivity index is 1.43. The van der Waals surface area contributed by atoms with Gasteiger partial charge in [-0.2, -0.15) is 0 Å². The first-order chi connectivity index (χ1) is 15.8. The molecule has 0 unspecified atom stereocenters. The normalized spacial score (nSPS) is 12.7. The lowest BCUT2D eigenvalue weighted by Gasteiger charge is -2.19. The van der Waals surface area contributed by atoms with Crippen LogP contribution in [-0.4, -0.2) is 41.6 Å². The number of sulfonamides is 1. The van der Waals surface area contributed by atoms with Gasteiger partial charge in [0.2, 0.25) is 0 Å². The Hall–Kier alpha value is -3.72. The molecule has 0 atom stereocenters. The van der Waals surface area contributed by atoms with Crippen LogP contribution in [0.5, 0.6) is 11.5 Å². The second kappa shape index (κ2) is 9.41. The van der Waals surface area contributed by atoms with Crippen LogP contribution in [0.2, 0.25) is 0 Å². The molecule has 9 heteroatoms. The lowest BCUT2D eigenvalue weighted by molar-refractivity contribution is 0.0951. The highest BCUT2D eigenvalue weighted by atomic mass is 32.2. The summed E-state index contributed by atoms with van der Waals surface area (Å²) in [7, 11) is 0.0512. The average Bonchev–Trinajstić information content (AvgIpc) is 2.82. The number of hydrogen-bond donors (Lipinski definition) is 2. The van der Waals surface area contributed by atoms with E-state index in [4.69, 9.17) is 9.47 Å². The van der Waals surface area contributed by atoms with E-state index in [0.29, 0.717) is 36.8 Å². The maximum Gasteiger partial charge on any atom is 0.262 e. The summed E-state index contributed by atoms with van der Waals surface area (Å²) in [5.41, 5.74) is 2.67. The van der Waals surface area contributed by atoms with Crippen molar-refractivity contribution < 1.29 is 22.7 Å². The Morgan fingerprint density at radius 1 is 0.939 bits per heavy atom. The number of amides is 1. The number of nitrogens with one attached hydrogen (secondary N) is 2. The minimum Gasteiger partial charge on any atom is -0.486 e. The van der Waals surface area contributed by atoms with E-state index in [9.17, 15) is 13.2 Å². The number of nitrogens with zero attached hydrogens (tertiary/aromatic N) is 1. The van der Waals surface area contributed by atoms with Crippen molar-refractivity contribution in [3.63, 3.8) is 0 Å². The third kappa shape index (κ3) is 5.38. The molecule has 0 spiro atoms. The second-order valence-electron chi connectivity index (χ2n) is 7.74. The van der Waals surface area contributed by atoms with Crippen LogP contribution in [0.15, 0.2) is 71.6 Å². The summed E-state index contributed by atoms with van der Waals surface area (Å²) in [5.74, 6) is 0.596. The Morgan fingerprint density at radius 3 is 2.39 bits per heavy atom. The number of fused-ring (bicyclic) bond motifs is 1. The van der Waals surface area contributed by atoms with Crippen molar-refractivity contribution in [1.29, 1.82) is 0 Å². The number of carbonyl (C=O) groups excluding carboxylic acids is 1. The van der Waals surface area contributed by atoms with Gasteiger partial charge in [-0.1, -0.05) is 18.2 Å². The first kappa shape index (κ1) is 22.5. The number of carbonyl (C=O) groups is 1. The standard InChI is InChI=1S/C24H25N3O5S/c1-27(2)20-8-6-17(7-9-20)16-25-24(28)18-4-3-5-19(14-18)26-33(29,30)21-10-11-22-23(15-21)32-13-12-31-22/h3-11,14-15,26H,12-13,16H2,1-2H3,(H,25,28). The third-order valence-electron chi connectivity index (χ3n) is 5.11. The van der Waals surface area contributed by atoms with Crippen molar-refractivity contribution in [1.82, 2.24) is 5.32 Å². The van der Waals surface area contributed by atoms with E-state index in [1.165, 1.54) is 18.2 Å². The molecule has 8 nitrogen and oxygen atoms in total. The predicted molar refractivity (Wildman–Crippen MR) is 127 cm³/mol. The zero-order valence-corrected chi connectivity index (χ0v) is 19.2. The van der Waals surface area contributed by atoms with Gasteiger partial charge in [0, 0.05) is 43.6 Å². The molecule has 2 N–H and O–H groups in total. The highest BCUT2D eigenvalue weighted by Gasteiger charge is 2.20. The van der Waals surface area contributed by atoms with Gasteiger partial charge in [-0.3, -0.25) is 9.52 Å². The van der Waals surface area contributed by atoms with Gasteiger partial charge in [0.05, 0.1) is 4.90 Å². The fraction of sp³-hybridized carbons (Fsp3) is 0.208. The largest absolute Gasteiger partial charge is 0.486 e. The number of hydrogen-bond acceptors (Lipinski definition) is 6. The van der Waals surface area contributed by atoms with E-state index in [-0.39, 0.29) is 16.5 Å². The fourth-order valence-electron chi connectivity index (χ4n) is 3.33. The Labute approximate surface area is 193 Å². The SMILES string of the molecule is CN(C)c1ccc(CNC(=O)c2cccc(NS(=O)(=O)c3ccc4c(c3)OCCO4)c2)cc1. The van der Waals surface area contributed by atoms with Crippen molar-refractivity contribution in [2.45, 2.75) is 11.4 Å². The Kier molecular flexibility index (Phi) is 6.41. The van der Waals surface area contributed by atoms with Crippen molar-refractivity contribution >= 4 is 27.3 Å². The zero-order valence-electron chi connectivity index (χ0n) is 18.4. The van der Waals surface area contributed by atoms with Crippen molar-refractivity contribution in [2.75, 3.05) is 36.9 Å². The molecule has 3 aromatic rings. The van der Waals surface area contributed by atoms with Crippen molar-refractivity contribution in [2.24, 2.45) is 0 Å². The van der Waals surface area contributed by atoms with E-state index < -0.39 is 10.0 Å². The second-order valence-corrected chi connectivity index (χ2v) is 9.42. The molecule has 172 valence electrons. The Morgan fingerprint density at radius 2 is 1.67 bits per heavy atom. The molecule has 3 aromatic carbocycles. The van der Waals surface area contributed by atoms with Crippen LogP contribution < -0.4 is 24.4 Å². The van der Waals surface area contributed by atoms with E-state index >= 15 is 0 Å². The summed E-state index contributed by atoms with van der Waals surface area (Å²) in [6, 6.07) is 18.7. The van der Waals surface area contributed by atoms with E-state index in [1.807, 2.05) is 43.3 Å². The molecular formula is C24H25N3O5S. The Bertz CT molecular complexity index is 1260. The molecule has 33 heavy (non-hydrogen) atoms. The summed E-state index contributed by atoms with van der Waals surface area (Å²) >= 11 is 0. The van der Waals surface area contributed by atoms with Crippen LogP contribution in [0.25, 0.3) is 0 Å². The number of rotatable bonds is 7. The van der Waals surface area contributed by atoms with Crippen LogP contribution in [0.1, 0.15) is 15.9 Å². The van der Waals surface area contributed by atoms with Crippen LogP contribution in [0.4, 0.5) is 11.4 Å². The lowest BCUT2D eigenvalue weighted by atomic mass is 10.1. The first-order valence-electron chi connectivity index (χ1n) is 10.4. The van der Waals surface area contributed by atoms with E-state index in [2.05, 4.69) is 10.0 Å². The van der Waals surface area contributed by atoms with Gasteiger partial charge in [0.1, 0.15) is 13.2 Å². The lowest BCUT2D eigenvalue weighted by Crippen LogP contribution is -2.23. The minimum absolute atomic E-state index is 0.0442. The van der Waals surface area contributed by atoms with Gasteiger partial charge in [-0.25, -0.2) is 8.42 Å². The van der Waals surface area contributed by atoms with Gasteiger partial charge < -0.3 is 19.7 Å². The van der Waals surface area contributed by atoms with Crippen molar-refractivity contribution in [3.8, 4) is 11.5 Å². The molecule has 0 bridgehead atoms. The highest BCUT2D eigenvalue weighted by molar-refractivity contribution is 7.92. The van der Waals surface area contributed by atoms with Gasteiger partial charge in [-0.15, -0.1) is 0 Å². The summed E-state index contributed by atoms with van der Waals surface area (Å²) in [5, 5.41) is 2.86. The number of anilines is 2. The molecule has 1 aliphatic rings. The maximum atomic E-state index is 12.8. The van der Waals surface area contributed by atoms with Crippen LogP contribution in [0.3, 0.4) is 0 Å². The molecule has 4 rings (SSSR count). The predicted octanol–water partition coefficient (Wildman–Crippen LogP) is 3.25. The van der Waals surface area contributed by atoms with E-state index in [0.717, 1.165) is 11.3 Å². The van der Waals surface area contributed by atoms with Crippen LogP contribution in [0, 0.1) is 0 Å². The van der Waals surface area contributed by atoms with Gasteiger partial charge in [0.25, 0.3) is 15.9 Å². The maximum absolute atomic E-state index is 12.8. The summed E-state index contributed by atoms with van der Waals surface area (Å²) in [6.07, 6.45) is 0. The van der Waals surface area contributed by atoms with Gasteiger partial charge in [0.15, 0.2) is 11.5 Å².